The molecule has 0 aliphatic carbocycles. The highest BCUT2D eigenvalue weighted by Gasteiger charge is 2.51. The molecule has 0 unspecified atom stereocenters. The molecule has 2 aliphatic rings. The lowest BCUT2D eigenvalue weighted by atomic mass is 9.74. The van der Waals surface area contributed by atoms with Gasteiger partial charge in [0.05, 0.1) is 18.8 Å². The monoisotopic (exact) mass is 196 g/mol. The van der Waals surface area contributed by atoms with Crippen molar-refractivity contribution in [1.82, 2.24) is 4.92 Å². The van der Waals surface area contributed by atoms with Gasteiger partial charge in [-0.15, -0.1) is 0 Å². The Balaban J connectivity index is 2.18. The van der Waals surface area contributed by atoms with Crippen molar-refractivity contribution in [2.75, 3.05) is 13.2 Å². The SMILES string of the molecule is CC1(C)C=NN(B2OCCO2)C1(C)C. The van der Waals surface area contributed by atoms with E-state index in [0.717, 1.165) is 0 Å². The fraction of sp³-hybridized carbons (Fsp3) is 0.889. The molecule has 4 nitrogen and oxygen atoms in total. The molecule has 0 aromatic carbocycles. The Morgan fingerprint density at radius 1 is 1.21 bits per heavy atom. The summed E-state index contributed by atoms with van der Waals surface area (Å²) in [6, 6.07) is 0. The van der Waals surface area contributed by atoms with Crippen LogP contribution in [0.15, 0.2) is 5.10 Å². The summed E-state index contributed by atoms with van der Waals surface area (Å²) in [6.07, 6.45) is 1.97. The molecule has 0 aromatic rings. The minimum Gasteiger partial charge on any atom is -0.389 e. The average molecular weight is 196 g/mol. The lowest BCUT2D eigenvalue weighted by molar-refractivity contribution is 0.116. The molecule has 2 aliphatic heterocycles. The topological polar surface area (TPSA) is 34.1 Å². The third-order valence-corrected chi connectivity index (χ3v) is 3.46. The van der Waals surface area contributed by atoms with Crippen molar-refractivity contribution >= 4 is 13.5 Å². The minimum atomic E-state index is -0.303. The number of hydrazone groups is 1. The molecular formula is C9H17BN2O2. The van der Waals surface area contributed by atoms with Gasteiger partial charge in [-0.1, -0.05) is 13.8 Å². The summed E-state index contributed by atoms with van der Waals surface area (Å²) in [5, 5.41) is 4.38. The first-order valence-electron chi connectivity index (χ1n) is 5.03. The zero-order valence-electron chi connectivity index (χ0n) is 9.28. The molecule has 0 radical (unpaired) electrons. The van der Waals surface area contributed by atoms with Gasteiger partial charge in [0.25, 0.3) is 0 Å². The molecule has 2 rings (SSSR count). The van der Waals surface area contributed by atoms with Crippen LogP contribution >= 0.6 is 0 Å². The van der Waals surface area contributed by atoms with Crippen molar-refractivity contribution in [2.45, 2.75) is 33.2 Å². The first kappa shape index (κ1) is 9.99. The van der Waals surface area contributed by atoms with E-state index < -0.39 is 0 Å². The van der Waals surface area contributed by atoms with E-state index in [1.165, 1.54) is 0 Å². The van der Waals surface area contributed by atoms with Crippen molar-refractivity contribution in [2.24, 2.45) is 10.5 Å². The Morgan fingerprint density at radius 2 is 1.79 bits per heavy atom. The van der Waals surface area contributed by atoms with Crippen molar-refractivity contribution < 1.29 is 9.31 Å². The molecular weight excluding hydrogens is 179 g/mol. The molecule has 0 aromatic heterocycles. The van der Waals surface area contributed by atoms with Gasteiger partial charge in [-0.3, -0.25) is 4.92 Å². The second-order valence-corrected chi connectivity index (χ2v) is 4.92. The summed E-state index contributed by atoms with van der Waals surface area (Å²) < 4.78 is 10.9. The number of rotatable bonds is 1. The van der Waals surface area contributed by atoms with Gasteiger partial charge in [0.15, 0.2) is 0 Å². The quantitative estimate of drug-likeness (QED) is 0.589. The third kappa shape index (κ3) is 1.27. The van der Waals surface area contributed by atoms with E-state index in [9.17, 15) is 0 Å². The molecule has 5 heteroatoms. The molecule has 1 fully saturated rings. The Labute approximate surface area is 85.4 Å². The van der Waals surface area contributed by atoms with Crippen molar-refractivity contribution in [3.8, 4) is 0 Å². The Hall–Kier alpha value is -0.545. The first-order valence-corrected chi connectivity index (χ1v) is 5.03. The molecule has 0 N–H and O–H groups in total. The highest BCUT2D eigenvalue weighted by molar-refractivity contribution is 6.42. The van der Waals surface area contributed by atoms with Gasteiger partial charge < -0.3 is 9.31 Å². The van der Waals surface area contributed by atoms with E-state index in [0.29, 0.717) is 13.2 Å². The van der Waals surface area contributed by atoms with E-state index in [1.807, 2.05) is 11.1 Å². The highest BCUT2D eigenvalue weighted by atomic mass is 16.7. The van der Waals surface area contributed by atoms with Crippen LogP contribution in [0.1, 0.15) is 27.7 Å². The maximum Gasteiger partial charge on any atom is 0.611 e. The predicted octanol–water partition coefficient (Wildman–Crippen LogP) is 1.12. The molecule has 0 spiro atoms. The fourth-order valence-electron chi connectivity index (χ4n) is 1.61. The lowest BCUT2D eigenvalue weighted by Gasteiger charge is -2.40. The fourth-order valence-corrected chi connectivity index (χ4v) is 1.61. The zero-order chi connectivity index (χ0) is 10.4. The molecule has 0 atom stereocenters. The Bertz CT molecular complexity index is 260. The lowest BCUT2D eigenvalue weighted by Crippen LogP contribution is -2.54. The Morgan fingerprint density at radius 3 is 2.21 bits per heavy atom. The van der Waals surface area contributed by atoms with Gasteiger partial charge in [0.2, 0.25) is 0 Å². The van der Waals surface area contributed by atoms with Gasteiger partial charge in [0, 0.05) is 11.6 Å². The summed E-state index contributed by atoms with van der Waals surface area (Å²) in [4.78, 5) is 1.92. The summed E-state index contributed by atoms with van der Waals surface area (Å²) in [7, 11) is -0.303. The summed E-state index contributed by atoms with van der Waals surface area (Å²) in [5.41, 5.74) is -0.0235. The van der Waals surface area contributed by atoms with Gasteiger partial charge in [-0.2, -0.15) is 5.10 Å². The van der Waals surface area contributed by atoms with Gasteiger partial charge in [0.1, 0.15) is 0 Å². The second kappa shape index (κ2) is 2.97. The van der Waals surface area contributed by atoms with Crippen LogP contribution in [0.4, 0.5) is 0 Å². The smallest absolute Gasteiger partial charge is 0.389 e. The van der Waals surface area contributed by atoms with E-state index in [2.05, 4.69) is 32.8 Å². The maximum absolute atomic E-state index is 5.46. The maximum atomic E-state index is 5.46. The largest absolute Gasteiger partial charge is 0.611 e. The molecule has 0 amide bonds. The number of hydrogen-bond donors (Lipinski definition) is 0. The van der Waals surface area contributed by atoms with Crippen LogP contribution in [-0.4, -0.2) is 37.1 Å². The minimum absolute atomic E-state index is 0.0440. The molecule has 0 bridgehead atoms. The van der Waals surface area contributed by atoms with Crippen LogP contribution < -0.4 is 0 Å². The van der Waals surface area contributed by atoms with Gasteiger partial charge >= 0.3 is 7.25 Å². The molecule has 2 heterocycles. The summed E-state index contributed by atoms with van der Waals surface area (Å²) >= 11 is 0. The number of nitrogens with zero attached hydrogens (tertiary/aromatic N) is 2. The van der Waals surface area contributed by atoms with Crippen LogP contribution in [0, 0.1) is 5.41 Å². The molecule has 0 saturated carbocycles. The van der Waals surface area contributed by atoms with E-state index in [4.69, 9.17) is 9.31 Å². The van der Waals surface area contributed by atoms with Gasteiger partial charge in [-0.05, 0) is 13.8 Å². The second-order valence-electron chi connectivity index (χ2n) is 4.92. The summed E-state index contributed by atoms with van der Waals surface area (Å²) in [6.45, 7) is 9.98. The average Bonchev–Trinajstić information content (AvgIpc) is 2.61. The first-order chi connectivity index (χ1) is 6.45. The van der Waals surface area contributed by atoms with Crippen molar-refractivity contribution in [3.05, 3.63) is 0 Å². The van der Waals surface area contributed by atoms with E-state index in [1.54, 1.807) is 0 Å². The molecule has 1 saturated heterocycles. The molecule has 14 heavy (non-hydrogen) atoms. The standard InChI is InChI=1S/C9H17BN2O2/c1-8(2)7-11-12(9(8,3)4)10-13-5-6-14-10/h7H,5-6H2,1-4H3. The molecule has 78 valence electrons. The normalized spacial score (nSPS) is 28.9. The predicted molar refractivity (Wildman–Crippen MR) is 55.8 cm³/mol. The van der Waals surface area contributed by atoms with E-state index >= 15 is 0 Å². The van der Waals surface area contributed by atoms with Crippen molar-refractivity contribution in [3.63, 3.8) is 0 Å². The van der Waals surface area contributed by atoms with Crippen LogP contribution in [0.25, 0.3) is 0 Å². The van der Waals surface area contributed by atoms with Crippen molar-refractivity contribution in [1.29, 1.82) is 0 Å². The highest BCUT2D eigenvalue weighted by Crippen LogP contribution is 2.40. The van der Waals surface area contributed by atoms with Gasteiger partial charge in [-0.25, -0.2) is 0 Å². The van der Waals surface area contributed by atoms with Crippen LogP contribution in [-0.2, 0) is 9.31 Å². The Kier molecular flexibility index (Phi) is 2.12. The zero-order valence-corrected chi connectivity index (χ0v) is 9.28. The van der Waals surface area contributed by atoms with Crippen LogP contribution in [0.3, 0.4) is 0 Å². The number of hydrogen-bond acceptors (Lipinski definition) is 4. The summed E-state index contributed by atoms with van der Waals surface area (Å²) in [5.74, 6) is 0. The third-order valence-electron chi connectivity index (χ3n) is 3.46. The van der Waals surface area contributed by atoms with E-state index in [-0.39, 0.29) is 18.2 Å². The van der Waals surface area contributed by atoms with Crippen LogP contribution in [0.2, 0.25) is 0 Å². The van der Waals surface area contributed by atoms with Crippen LogP contribution in [0.5, 0.6) is 0 Å².